The molecule has 0 aliphatic rings. The van der Waals surface area contributed by atoms with Crippen molar-refractivity contribution in [2.24, 2.45) is 5.18 Å². The molecular weight excluding hydrogens is 586 g/mol. The van der Waals surface area contributed by atoms with Gasteiger partial charge in [-0.3, -0.25) is 14.4 Å². The van der Waals surface area contributed by atoms with Crippen molar-refractivity contribution < 1.29 is 32.4 Å². The van der Waals surface area contributed by atoms with Gasteiger partial charge in [0.1, 0.15) is 12.4 Å². The minimum atomic E-state index is -1.43. The number of hydrogen-bond acceptors (Lipinski definition) is 8. The molecule has 2 aromatic carbocycles. The Bertz CT molecular complexity index is 1060. The van der Waals surface area contributed by atoms with Crippen LogP contribution in [-0.2, 0) is 21.0 Å². The van der Waals surface area contributed by atoms with Crippen LogP contribution in [0.2, 0.25) is 0 Å². The summed E-state index contributed by atoms with van der Waals surface area (Å²) in [7, 11) is 1.50. The highest BCUT2D eigenvalue weighted by atomic mass is 127. The van der Waals surface area contributed by atoms with E-state index >= 15 is 4.39 Å². The number of carbonyl (C=O) groups excluding carboxylic acids is 2. The third-order valence-corrected chi connectivity index (χ3v) is 5.13. The normalized spacial score (nSPS) is 10.7. The standard InChI is InChI=1S/C21H23F3IN5O5/c1-26-17(31)3-2-7-34-28-11-12-9-14(21(32)30-35-8-6-27-33)20(19(24)18(12)23)29-16-5-4-13(25)10-15(16)22/h4-5,9-10,28-29H,2-3,6-8,11H2,1H3,(H,26,31)(H,30,32). The first-order valence-corrected chi connectivity index (χ1v) is 11.4. The third kappa shape index (κ3) is 8.72. The lowest BCUT2D eigenvalue weighted by atomic mass is 10.1. The summed E-state index contributed by atoms with van der Waals surface area (Å²) < 4.78 is 44.7. The topological polar surface area (TPSA) is 130 Å². The summed E-state index contributed by atoms with van der Waals surface area (Å²) in [6, 6.07) is 5.06. The molecular formula is C21H23F3IN5O5. The number of nitroso groups, excluding NO2 is 1. The highest BCUT2D eigenvalue weighted by Gasteiger charge is 2.24. The zero-order chi connectivity index (χ0) is 25.8. The quantitative estimate of drug-likeness (QED) is 0.112. The van der Waals surface area contributed by atoms with Gasteiger partial charge in [-0.1, -0.05) is 5.18 Å². The SMILES string of the molecule is CNC(=O)CCCONCc1cc(C(=O)NOCCN=O)c(Nc2ccc(I)cc2F)c(F)c1F. The second-order valence-electron chi connectivity index (χ2n) is 6.91. The number of carbonyl (C=O) groups is 2. The Labute approximate surface area is 212 Å². The smallest absolute Gasteiger partial charge is 0.277 e. The van der Waals surface area contributed by atoms with Crippen LogP contribution in [0.3, 0.4) is 0 Å². The van der Waals surface area contributed by atoms with Crippen molar-refractivity contribution in [3.8, 4) is 0 Å². The van der Waals surface area contributed by atoms with Crippen LogP contribution < -0.4 is 21.6 Å². The van der Waals surface area contributed by atoms with E-state index in [2.05, 4.69) is 21.3 Å². The average molecular weight is 609 g/mol. The molecule has 0 saturated heterocycles. The maximum Gasteiger partial charge on any atom is 0.277 e. The van der Waals surface area contributed by atoms with Gasteiger partial charge in [0.25, 0.3) is 5.91 Å². The van der Waals surface area contributed by atoms with Gasteiger partial charge in [-0.2, -0.15) is 10.4 Å². The Balaban J connectivity index is 2.24. The lowest BCUT2D eigenvalue weighted by Crippen LogP contribution is -2.27. The Hall–Kier alpha value is -2.82. The molecule has 0 bridgehead atoms. The summed E-state index contributed by atoms with van der Waals surface area (Å²) in [4.78, 5) is 43.9. The molecule has 0 spiro atoms. The van der Waals surface area contributed by atoms with E-state index in [9.17, 15) is 23.3 Å². The van der Waals surface area contributed by atoms with Gasteiger partial charge in [-0.25, -0.2) is 18.7 Å². The first-order valence-electron chi connectivity index (χ1n) is 10.3. The van der Waals surface area contributed by atoms with Gasteiger partial charge >= 0.3 is 0 Å². The number of hydrogen-bond donors (Lipinski definition) is 4. The predicted octanol–water partition coefficient (Wildman–Crippen LogP) is 3.43. The first-order chi connectivity index (χ1) is 16.8. The molecule has 0 aliphatic carbocycles. The fraction of sp³-hybridized carbons (Fsp3) is 0.333. The molecule has 10 nitrogen and oxygen atoms in total. The van der Waals surface area contributed by atoms with E-state index in [4.69, 9.17) is 9.68 Å². The van der Waals surface area contributed by atoms with E-state index < -0.39 is 34.6 Å². The summed E-state index contributed by atoms with van der Waals surface area (Å²) in [6.45, 7) is -0.693. The van der Waals surface area contributed by atoms with E-state index in [0.29, 0.717) is 9.99 Å². The van der Waals surface area contributed by atoms with Crippen LogP contribution in [-0.4, -0.2) is 38.6 Å². The summed E-state index contributed by atoms with van der Waals surface area (Å²) in [5.41, 5.74) is 2.99. The van der Waals surface area contributed by atoms with Crippen LogP contribution in [0.15, 0.2) is 29.4 Å². The molecule has 2 aromatic rings. The van der Waals surface area contributed by atoms with Crippen LogP contribution in [0, 0.1) is 25.9 Å². The molecule has 35 heavy (non-hydrogen) atoms. The van der Waals surface area contributed by atoms with E-state index in [-0.39, 0.29) is 49.9 Å². The van der Waals surface area contributed by atoms with Crippen LogP contribution in [0.4, 0.5) is 24.5 Å². The fourth-order valence-electron chi connectivity index (χ4n) is 2.72. The minimum Gasteiger partial charge on any atom is -0.359 e. The van der Waals surface area contributed by atoms with Crippen molar-refractivity contribution >= 4 is 45.8 Å². The van der Waals surface area contributed by atoms with Crippen LogP contribution in [0.25, 0.3) is 0 Å². The lowest BCUT2D eigenvalue weighted by molar-refractivity contribution is -0.121. The Kier molecular flexibility index (Phi) is 11.8. The van der Waals surface area contributed by atoms with Crippen molar-refractivity contribution in [1.29, 1.82) is 0 Å². The van der Waals surface area contributed by atoms with Crippen LogP contribution in [0.5, 0.6) is 0 Å². The van der Waals surface area contributed by atoms with Crippen molar-refractivity contribution in [1.82, 2.24) is 16.3 Å². The number of amides is 2. The van der Waals surface area contributed by atoms with Gasteiger partial charge in [-0.05, 0) is 53.3 Å². The molecule has 0 radical (unpaired) electrons. The highest BCUT2D eigenvalue weighted by molar-refractivity contribution is 14.1. The van der Waals surface area contributed by atoms with Gasteiger partial charge in [0.05, 0.1) is 30.2 Å². The number of rotatable bonds is 14. The summed E-state index contributed by atoms with van der Waals surface area (Å²) in [5.74, 6) is -4.61. The highest BCUT2D eigenvalue weighted by Crippen LogP contribution is 2.30. The number of nitrogens with one attached hydrogen (secondary N) is 4. The van der Waals surface area contributed by atoms with Gasteiger partial charge in [0.15, 0.2) is 11.6 Å². The molecule has 190 valence electrons. The zero-order valence-corrected chi connectivity index (χ0v) is 20.7. The largest absolute Gasteiger partial charge is 0.359 e. The maximum absolute atomic E-state index is 15.0. The summed E-state index contributed by atoms with van der Waals surface area (Å²) in [5, 5.41) is 7.45. The Morgan fingerprint density at radius 3 is 2.54 bits per heavy atom. The second-order valence-corrected chi connectivity index (χ2v) is 8.16. The molecule has 0 fully saturated rings. The molecule has 0 atom stereocenters. The molecule has 2 rings (SSSR count). The number of nitrogens with zero attached hydrogens (tertiary/aromatic N) is 1. The number of benzene rings is 2. The van der Waals surface area contributed by atoms with Crippen LogP contribution >= 0.6 is 22.6 Å². The summed E-state index contributed by atoms with van der Waals surface area (Å²) in [6.07, 6.45) is 0.606. The van der Waals surface area contributed by atoms with E-state index in [1.807, 2.05) is 28.1 Å². The monoisotopic (exact) mass is 609 g/mol. The number of anilines is 2. The van der Waals surface area contributed by atoms with Crippen molar-refractivity contribution in [3.63, 3.8) is 0 Å². The molecule has 0 saturated carbocycles. The van der Waals surface area contributed by atoms with E-state index in [1.54, 1.807) is 0 Å². The molecule has 0 heterocycles. The molecule has 4 N–H and O–H groups in total. The lowest BCUT2D eigenvalue weighted by Gasteiger charge is -2.17. The zero-order valence-electron chi connectivity index (χ0n) is 18.6. The predicted molar refractivity (Wildman–Crippen MR) is 129 cm³/mol. The van der Waals surface area contributed by atoms with Gasteiger partial charge < -0.3 is 15.5 Å². The molecule has 0 aliphatic heterocycles. The fourth-order valence-corrected chi connectivity index (χ4v) is 3.17. The Morgan fingerprint density at radius 1 is 1.09 bits per heavy atom. The van der Waals surface area contributed by atoms with Crippen LogP contribution in [0.1, 0.15) is 28.8 Å². The van der Waals surface area contributed by atoms with E-state index in [0.717, 1.165) is 6.07 Å². The Morgan fingerprint density at radius 2 is 1.86 bits per heavy atom. The molecule has 2 amide bonds. The third-order valence-electron chi connectivity index (χ3n) is 4.46. The van der Waals surface area contributed by atoms with Crippen molar-refractivity contribution in [3.05, 3.63) is 61.3 Å². The molecule has 0 aromatic heterocycles. The number of hydroxylamine groups is 2. The minimum absolute atomic E-state index is 0.120. The first kappa shape index (κ1) is 28.4. The van der Waals surface area contributed by atoms with Crippen molar-refractivity contribution in [2.45, 2.75) is 19.4 Å². The van der Waals surface area contributed by atoms with Gasteiger partial charge in [0, 0.05) is 29.1 Å². The molecule has 14 heteroatoms. The second kappa shape index (κ2) is 14.6. The van der Waals surface area contributed by atoms with Crippen molar-refractivity contribution in [2.75, 3.05) is 32.1 Å². The summed E-state index contributed by atoms with van der Waals surface area (Å²) >= 11 is 1.88. The maximum atomic E-state index is 15.0. The molecule has 0 unspecified atom stereocenters. The van der Waals surface area contributed by atoms with Gasteiger partial charge in [0.2, 0.25) is 5.91 Å². The average Bonchev–Trinajstić information content (AvgIpc) is 2.84. The van der Waals surface area contributed by atoms with E-state index in [1.165, 1.54) is 25.2 Å². The number of halogens is 4. The van der Waals surface area contributed by atoms with Gasteiger partial charge in [-0.15, -0.1) is 0 Å².